The van der Waals surface area contributed by atoms with Crippen LogP contribution in [0.4, 0.5) is 0 Å². The van der Waals surface area contributed by atoms with Gasteiger partial charge < -0.3 is 9.84 Å². The van der Waals surface area contributed by atoms with Crippen molar-refractivity contribution >= 4 is 17.3 Å². The number of methoxy groups -OCH3 is 1. The van der Waals surface area contributed by atoms with Gasteiger partial charge in [0.1, 0.15) is 0 Å². The van der Waals surface area contributed by atoms with Crippen molar-refractivity contribution in [3.63, 3.8) is 0 Å². The number of aromatic carboxylic acids is 1. The number of ether oxygens (including phenoxy) is 1. The molecule has 0 aromatic carbocycles. The molecule has 0 spiro atoms. The number of thiazole rings is 1. The minimum Gasteiger partial charge on any atom is -0.485 e. The van der Waals surface area contributed by atoms with Crippen LogP contribution in [-0.2, 0) is 0 Å². The SMILES string of the molecule is COc1scnc1C(=O)O. The molecular weight excluding hydrogens is 154 g/mol. The number of carbonyl (C=O) groups is 1. The summed E-state index contributed by atoms with van der Waals surface area (Å²) in [7, 11) is 1.42. The Morgan fingerprint density at radius 3 is 3.00 bits per heavy atom. The van der Waals surface area contributed by atoms with Crippen LogP contribution in [0, 0.1) is 0 Å². The van der Waals surface area contributed by atoms with Crippen molar-refractivity contribution in [1.29, 1.82) is 0 Å². The summed E-state index contributed by atoms with van der Waals surface area (Å²) in [4.78, 5) is 13.9. The van der Waals surface area contributed by atoms with E-state index in [4.69, 9.17) is 9.84 Å². The number of aromatic nitrogens is 1. The van der Waals surface area contributed by atoms with Crippen molar-refractivity contribution in [3.8, 4) is 5.06 Å². The Bertz CT molecular complexity index is 245. The molecule has 0 aliphatic rings. The Kier molecular flexibility index (Phi) is 1.86. The number of nitrogens with zero attached hydrogens (tertiary/aromatic N) is 1. The van der Waals surface area contributed by atoms with Gasteiger partial charge in [0.05, 0.1) is 12.6 Å². The predicted octanol–water partition coefficient (Wildman–Crippen LogP) is 0.850. The summed E-state index contributed by atoms with van der Waals surface area (Å²) in [6.45, 7) is 0. The molecule has 1 aromatic heterocycles. The Morgan fingerprint density at radius 1 is 1.90 bits per heavy atom. The van der Waals surface area contributed by atoms with Gasteiger partial charge in [0.25, 0.3) is 0 Å². The highest BCUT2D eigenvalue weighted by atomic mass is 32.1. The minimum atomic E-state index is -1.06. The standard InChI is InChI=1S/C5H5NO3S/c1-9-5-3(4(7)8)6-2-10-5/h2H,1H3,(H,7,8). The fourth-order valence-electron chi connectivity index (χ4n) is 0.523. The van der Waals surface area contributed by atoms with E-state index in [0.717, 1.165) is 11.3 Å². The predicted molar refractivity (Wildman–Crippen MR) is 35.6 cm³/mol. The molecule has 4 nitrogen and oxygen atoms in total. The second-order valence-electron chi connectivity index (χ2n) is 1.50. The Labute approximate surface area is 61.1 Å². The van der Waals surface area contributed by atoms with Crippen LogP contribution < -0.4 is 4.74 Å². The van der Waals surface area contributed by atoms with Crippen LogP contribution in [0.2, 0.25) is 0 Å². The lowest BCUT2D eigenvalue weighted by Gasteiger charge is -1.92. The van der Waals surface area contributed by atoms with Gasteiger partial charge in [0.15, 0.2) is 0 Å². The van der Waals surface area contributed by atoms with Gasteiger partial charge in [0, 0.05) is 0 Å². The molecule has 0 amide bonds. The molecule has 0 bridgehead atoms. The zero-order chi connectivity index (χ0) is 7.56. The van der Waals surface area contributed by atoms with E-state index >= 15 is 0 Å². The number of hydrogen-bond donors (Lipinski definition) is 1. The van der Waals surface area contributed by atoms with E-state index in [1.54, 1.807) is 0 Å². The molecule has 1 rings (SSSR count). The average molecular weight is 159 g/mol. The molecule has 0 saturated heterocycles. The lowest BCUT2D eigenvalue weighted by molar-refractivity contribution is 0.0688. The van der Waals surface area contributed by atoms with E-state index in [0.29, 0.717) is 5.06 Å². The van der Waals surface area contributed by atoms with E-state index in [-0.39, 0.29) is 5.69 Å². The quantitative estimate of drug-likeness (QED) is 0.694. The first kappa shape index (κ1) is 7.01. The summed E-state index contributed by atoms with van der Waals surface area (Å²) in [5.74, 6) is -1.06. The Morgan fingerprint density at radius 2 is 2.60 bits per heavy atom. The van der Waals surface area contributed by atoms with Gasteiger partial charge in [-0.3, -0.25) is 0 Å². The van der Waals surface area contributed by atoms with Gasteiger partial charge in [-0.15, -0.1) is 0 Å². The second-order valence-corrected chi connectivity index (χ2v) is 2.32. The largest absolute Gasteiger partial charge is 0.485 e. The topological polar surface area (TPSA) is 59.4 Å². The van der Waals surface area contributed by atoms with E-state index in [9.17, 15) is 4.79 Å². The van der Waals surface area contributed by atoms with E-state index in [1.807, 2.05) is 0 Å². The number of carboxylic acids is 1. The molecule has 5 heteroatoms. The summed E-state index contributed by atoms with van der Waals surface area (Å²) < 4.78 is 4.72. The van der Waals surface area contributed by atoms with Crippen LogP contribution in [0.25, 0.3) is 0 Å². The third kappa shape index (κ3) is 1.08. The maximum absolute atomic E-state index is 10.3. The Balaban J connectivity index is 3.01. The number of carboxylic acid groups (broad SMARTS) is 1. The molecule has 0 aliphatic heterocycles. The summed E-state index contributed by atoms with van der Waals surface area (Å²) in [6.07, 6.45) is 0. The number of hydrogen-bond acceptors (Lipinski definition) is 4. The smallest absolute Gasteiger partial charge is 0.359 e. The maximum Gasteiger partial charge on any atom is 0.359 e. The highest BCUT2D eigenvalue weighted by molar-refractivity contribution is 7.11. The van der Waals surface area contributed by atoms with Crippen molar-refractivity contribution in [1.82, 2.24) is 4.98 Å². The zero-order valence-electron chi connectivity index (χ0n) is 5.20. The molecule has 1 aromatic rings. The van der Waals surface area contributed by atoms with Crippen molar-refractivity contribution in [2.75, 3.05) is 7.11 Å². The van der Waals surface area contributed by atoms with Gasteiger partial charge in [-0.25, -0.2) is 9.78 Å². The Hall–Kier alpha value is -1.10. The normalized spacial score (nSPS) is 9.30. The van der Waals surface area contributed by atoms with Crippen molar-refractivity contribution < 1.29 is 14.6 Å². The van der Waals surface area contributed by atoms with Crippen LogP contribution in [0.1, 0.15) is 10.5 Å². The molecule has 0 aliphatic carbocycles. The molecule has 54 valence electrons. The van der Waals surface area contributed by atoms with Crippen molar-refractivity contribution in [2.24, 2.45) is 0 Å². The lowest BCUT2D eigenvalue weighted by Crippen LogP contribution is -1.98. The average Bonchev–Trinajstić information content (AvgIpc) is 2.33. The third-order valence-electron chi connectivity index (χ3n) is 0.923. The minimum absolute atomic E-state index is 0.0208. The van der Waals surface area contributed by atoms with Gasteiger partial charge in [-0.1, -0.05) is 11.3 Å². The van der Waals surface area contributed by atoms with Crippen LogP contribution >= 0.6 is 11.3 Å². The monoisotopic (exact) mass is 159 g/mol. The summed E-state index contributed by atoms with van der Waals surface area (Å²) in [5, 5.41) is 8.79. The van der Waals surface area contributed by atoms with E-state index in [1.165, 1.54) is 12.6 Å². The molecule has 0 fully saturated rings. The van der Waals surface area contributed by atoms with Crippen molar-refractivity contribution in [2.45, 2.75) is 0 Å². The lowest BCUT2D eigenvalue weighted by atomic mass is 10.5. The first-order valence-corrected chi connectivity index (χ1v) is 3.34. The van der Waals surface area contributed by atoms with Gasteiger partial charge in [0.2, 0.25) is 10.8 Å². The van der Waals surface area contributed by atoms with Gasteiger partial charge >= 0.3 is 5.97 Å². The molecule has 10 heavy (non-hydrogen) atoms. The van der Waals surface area contributed by atoms with Crippen LogP contribution in [-0.4, -0.2) is 23.2 Å². The van der Waals surface area contributed by atoms with Gasteiger partial charge in [-0.2, -0.15) is 0 Å². The molecular formula is C5H5NO3S. The molecule has 0 unspecified atom stereocenters. The first-order valence-electron chi connectivity index (χ1n) is 2.46. The first-order chi connectivity index (χ1) is 4.75. The van der Waals surface area contributed by atoms with Crippen LogP contribution in [0.3, 0.4) is 0 Å². The van der Waals surface area contributed by atoms with Crippen molar-refractivity contribution in [3.05, 3.63) is 11.2 Å². The molecule has 0 saturated carbocycles. The fraction of sp³-hybridized carbons (Fsp3) is 0.200. The third-order valence-corrected chi connectivity index (χ3v) is 1.71. The summed E-state index contributed by atoms with van der Waals surface area (Å²) in [5.41, 5.74) is 1.41. The van der Waals surface area contributed by atoms with E-state index < -0.39 is 5.97 Å². The molecule has 1 heterocycles. The zero-order valence-corrected chi connectivity index (χ0v) is 6.01. The maximum atomic E-state index is 10.3. The summed E-state index contributed by atoms with van der Waals surface area (Å²) in [6, 6.07) is 0. The van der Waals surface area contributed by atoms with Crippen LogP contribution in [0.5, 0.6) is 5.06 Å². The highest BCUT2D eigenvalue weighted by Gasteiger charge is 2.12. The second kappa shape index (κ2) is 2.66. The molecule has 1 N–H and O–H groups in total. The van der Waals surface area contributed by atoms with Gasteiger partial charge in [-0.05, 0) is 0 Å². The van der Waals surface area contributed by atoms with E-state index in [2.05, 4.69) is 4.98 Å². The fourth-order valence-corrected chi connectivity index (χ4v) is 1.12. The van der Waals surface area contributed by atoms with Crippen LogP contribution in [0.15, 0.2) is 5.51 Å². The molecule has 0 atom stereocenters. The summed E-state index contributed by atoms with van der Waals surface area (Å²) >= 11 is 1.16. The number of rotatable bonds is 2. The highest BCUT2D eigenvalue weighted by Crippen LogP contribution is 2.21. The molecule has 0 radical (unpaired) electrons.